The van der Waals surface area contributed by atoms with Crippen molar-refractivity contribution in [2.75, 3.05) is 27.2 Å². The number of benzene rings is 1. The molecule has 0 saturated heterocycles. The lowest BCUT2D eigenvalue weighted by molar-refractivity contribution is 0.466. The van der Waals surface area contributed by atoms with Crippen molar-refractivity contribution < 1.29 is 8.42 Å². The molecule has 6 heteroatoms. The van der Waals surface area contributed by atoms with E-state index in [4.69, 9.17) is 0 Å². The maximum atomic E-state index is 12.3. The fraction of sp³-hybridized carbons (Fsp3) is 0.571. The molecule has 0 fully saturated rings. The fourth-order valence-electron chi connectivity index (χ4n) is 1.70. The van der Waals surface area contributed by atoms with Crippen LogP contribution in [-0.2, 0) is 15.4 Å². The second-order valence-corrected chi connectivity index (χ2v) is 7.75. The van der Waals surface area contributed by atoms with E-state index in [-0.39, 0.29) is 17.8 Å². The first-order valence-corrected chi connectivity index (χ1v) is 7.85. The van der Waals surface area contributed by atoms with Gasteiger partial charge in [-0.3, -0.25) is 0 Å². The molecule has 1 aromatic rings. The lowest BCUT2D eigenvalue weighted by Gasteiger charge is -2.20. The van der Waals surface area contributed by atoms with E-state index in [1.165, 1.54) is 4.31 Å². The predicted molar refractivity (Wildman–Crippen MR) is 86.1 cm³/mol. The van der Waals surface area contributed by atoms with E-state index < -0.39 is 10.0 Å². The molecule has 0 bridgehead atoms. The molecule has 0 amide bonds. The van der Waals surface area contributed by atoms with Crippen LogP contribution in [0.25, 0.3) is 0 Å². The van der Waals surface area contributed by atoms with Crippen molar-refractivity contribution >= 4 is 22.4 Å². The van der Waals surface area contributed by atoms with E-state index in [0.717, 1.165) is 5.56 Å². The van der Waals surface area contributed by atoms with Gasteiger partial charge in [-0.25, -0.2) is 8.42 Å². The van der Waals surface area contributed by atoms with E-state index >= 15 is 0 Å². The van der Waals surface area contributed by atoms with Gasteiger partial charge in [-0.1, -0.05) is 32.9 Å². The summed E-state index contributed by atoms with van der Waals surface area (Å²) in [6.07, 6.45) is 0. The zero-order chi connectivity index (χ0) is 14.7. The summed E-state index contributed by atoms with van der Waals surface area (Å²) in [4.78, 5) is 0.346. The maximum Gasteiger partial charge on any atom is 0.242 e. The normalized spacial score (nSPS) is 12.3. The summed E-state index contributed by atoms with van der Waals surface area (Å²) in [6, 6.07) is 7.15. The van der Waals surface area contributed by atoms with Gasteiger partial charge in [0.25, 0.3) is 0 Å². The molecule has 0 aromatic heterocycles. The van der Waals surface area contributed by atoms with Gasteiger partial charge in [-0.2, -0.15) is 4.31 Å². The highest BCUT2D eigenvalue weighted by molar-refractivity contribution is 7.89. The minimum Gasteiger partial charge on any atom is -0.318 e. The van der Waals surface area contributed by atoms with Crippen LogP contribution in [0.1, 0.15) is 26.3 Å². The number of nitrogens with one attached hydrogen (secondary N) is 1. The fourth-order valence-corrected chi connectivity index (χ4v) is 2.87. The van der Waals surface area contributed by atoms with Gasteiger partial charge < -0.3 is 5.32 Å². The SMILES string of the molecule is CNCCN(C)S(=O)(=O)c1ccc(C(C)(C)C)cc1.Cl. The quantitative estimate of drug-likeness (QED) is 0.905. The van der Waals surface area contributed by atoms with Crippen LogP contribution in [0, 0.1) is 0 Å². The molecule has 0 aliphatic rings. The Labute approximate surface area is 129 Å². The van der Waals surface area contributed by atoms with E-state index in [1.54, 1.807) is 26.2 Å². The number of rotatable bonds is 5. The van der Waals surface area contributed by atoms with Crippen molar-refractivity contribution in [1.82, 2.24) is 9.62 Å². The van der Waals surface area contributed by atoms with Crippen LogP contribution in [0.3, 0.4) is 0 Å². The first-order chi connectivity index (χ1) is 8.69. The first kappa shape index (κ1) is 19.4. The largest absolute Gasteiger partial charge is 0.318 e. The van der Waals surface area contributed by atoms with Gasteiger partial charge in [0.2, 0.25) is 10.0 Å². The minimum absolute atomic E-state index is 0. The van der Waals surface area contributed by atoms with Crippen LogP contribution in [0.15, 0.2) is 29.2 Å². The van der Waals surface area contributed by atoms with Crippen molar-refractivity contribution in [2.45, 2.75) is 31.1 Å². The molecular formula is C14H25ClN2O2S. The Kier molecular flexibility index (Phi) is 7.18. The summed E-state index contributed by atoms with van der Waals surface area (Å²) in [5, 5.41) is 2.95. The van der Waals surface area contributed by atoms with Gasteiger partial charge in [-0.15, -0.1) is 12.4 Å². The maximum absolute atomic E-state index is 12.3. The van der Waals surface area contributed by atoms with Gasteiger partial charge in [0.1, 0.15) is 0 Å². The van der Waals surface area contributed by atoms with Crippen LogP contribution < -0.4 is 5.32 Å². The Morgan fingerprint density at radius 2 is 1.65 bits per heavy atom. The lowest BCUT2D eigenvalue weighted by Crippen LogP contribution is -2.32. The number of likely N-dealkylation sites (N-methyl/N-ethyl adjacent to an activating group) is 2. The van der Waals surface area contributed by atoms with Crippen molar-refractivity contribution in [3.05, 3.63) is 29.8 Å². The molecule has 1 rings (SSSR count). The van der Waals surface area contributed by atoms with E-state index in [1.807, 2.05) is 12.1 Å². The molecule has 0 spiro atoms. The summed E-state index contributed by atoms with van der Waals surface area (Å²) in [6.45, 7) is 7.41. The van der Waals surface area contributed by atoms with Gasteiger partial charge in [-0.05, 0) is 30.2 Å². The molecule has 0 aliphatic carbocycles. The number of sulfonamides is 1. The van der Waals surface area contributed by atoms with Gasteiger partial charge >= 0.3 is 0 Å². The average Bonchev–Trinajstić information content (AvgIpc) is 2.35. The van der Waals surface area contributed by atoms with Crippen molar-refractivity contribution in [3.63, 3.8) is 0 Å². The Morgan fingerprint density at radius 3 is 2.05 bits per heavy atom. The topological polar surface area (TPSA) is 49.4 Å². The number of halogens is 1. The highest BCUT2D eigenvalue weighted by Gasteiger charge is 2.21. The third kappa shape index (κ3) is 4.74. The monoisotopic (exact) mass is 320 g/mol. The molecule has 0 saturated carbocycles. The summed E-state index contributed by atoms with van der Waals surface area (Å²) in [5.74, 6) is 0. The summed E-state index contributed by atoms with van der Waals surface area (Å²) < 4.78 is 26.0. The van der Waals surface area contributed by atoms with Crippen molar-refractivity contribution in [1.29, 1.82) is 0 Å². The Morgan fingerprint density at radius 1 is 1.15 bits per heavy atom. The third-order valence-corrected chi connectivity index (χ3v) is 4.98. The second kappa shape index (κ2) is 7.41. The standard InChI is InChI=1S/C14H24N2O2S.ClH/c1-14(2,3)12-6-8-13(9-7-12)19(17,18)16(5)11-10-15-4;/h6-9,15H,10-11H2,1-5H3;1H. The molecule has 0 radical (unpaired) electrons. The Bertz CT molecular complexity index is 507. The zero-order valence-electron chi connectivity index (χ0n) is 12.8. The second-order valence-electron chi connectivity index (χ2n) is 5.70. The molecule has 0 unspecified atom stereocenters. The molecule has 0 atom stereocenters. The summed E-state index contributed by atoms with van der Waals surface area (Å²) in [5.41, 5.74) is 1.16. The molecular weight excluding hydrogens is 296 g/mol. The van der Waals surface area contributed by atoms with E-state index in [2.05, 4.69) is 26.1 Å². The highest BCUT2D eigenvalue weighted by atomic mass is 35.5. The van der Waals surface area contributed by atoms with Gasteiger partial charge in [0.05, 0.1) is 4.90 Å². The Balaban J connectivity index is 0.00000361. The number of hydrogen-bond acceptors (Lipinski definition) is 3. The number of nitrogens with zero attached hydrogens (tertiary/aromatic N) is 1. The van der Waals surface area contributed by atoms with Crippen molar-refractivity contribution in [3.8, 4) is 0 Å². The van der Waals surface area contributed by atoms with Crippen LogP contribution >= 0.6 is 12.4 Å². The van der Waals surface area contributed by atoms with Crippen LogP contribution in [0.4, 0.5) is 0 Å². The summed E-state index contributed by atoms with van der Waals surface area (Å²) in [7, 11) is 0.0255. The lowest BCUT2D eigenvalue weighted by atomic mass is 9.87. The molecule has 116 valence electrons. The van der Waals surface area contributed by atoms with E-state index in [0.29, 0.717) is 18.0 Å². The number of hydrogen-bond donors (Lipinski definition) is 1. The molecule has 4 nitrogen and oxygen atoms in total. The Hall–Kier alpha value is -0.620. The molecule has 0 aliphatic heterocycles. The minimum atomic E-state index is -3.38. The zero-order valence-corrected chi connectivity index (χ0v) is 14.4. The molecule has 1 aromatic carbocycles. The van der Waals surface area contributed by atoms with Crippen LogP contribution in [0.2, 0.25) is 0 Å². The first-order valence-electron chi connectivity index (χ1n) is 6.41. The third-order valence-electron chi connectivity index (χ3n) is 3.11. The molecule has 20 heavy (non-hydrogen) atoms. The van der Waals surface area contributed by atoms with Crippen LogP contribution in [0.5, 0.6) is 0 Å². The van der Waals surface area contributed by atoms with Crippen LogP contribution in [-0.4, -0.2) is 39.9 Å². The summed E-state index contributed by atoms with van der Waals surface area (Å²) >= 11 is 0. The predicted octanol–water partition coefficient (Wildman–Crippen LogP) is 2.25. The van der Waals surface area contributed by atoms with Gasteiger partial charge in [0.15, 0.2) is 0 Å². The van der Waals surface area contributed by atoms with Gasteiger partial charge in [0, 0.05) is 20.1 Å². The highest BCUT2D eigenvalue weighted by Crippen LogP contribution is 2.24. The molecule has 1 N–H and O–H groups in total. The smallest absolute Gasteiger partial charge is 0.242 e. The van der Waals surface area contributed by atoms with Crippen molar-refractivity contribution in [2.24, 2.45) is 0 Å². The average molecular weight is 321 g/mol. The molecule has 0 heterocycles. The van der Waals surface area contributed by atoms with E-state index in [9.17, 15) is 8.42 Å².